The zero-order valence-corrected chi connectivity index (χ0v) is 39.9. The van der Waals surface area contributed by atoms with Crippen LogP contribution in [-0.2, 0) is 28.6 Å². The van der Waals surface area contributed by atoms with Gasteiger partial charge in [-0.15, -0.1) is 0 Å². The molecule has 0 saturated carbocycles. The van der Waals surface area contributed by atoms with Gasteiger partial charge in [-0.2, -0.15) is 0 Å². The molecule has 350 valence electrons. The largest absolute Gasteiger partial charge is 0.462 e. The van der Waals surface area contributed by atoms with Crippen LogP contribution in [0.5, 0.6) is 0 Å². The summed E-state index contributed by atoms with van der Waals surface area (Å²) in [5.41, 5.74) is 0. The molecule has 0 radical (unpaired) electrons. The molecule has 0 aliphatic heterocycles. The number of rotatable bonds is 45. The standard InChI is InChI=1S/C55H94O6/c1-4-7-10-13-16-19-22-25-26-27-28-29-31-33-36-39-42-45-48-54(57)60-51-52(50-59-53(56)47-44-41-38-35-32-24-21-18-15-12-9-6-3)61-55(58)49-46-43-40-37-34-30-23-20-17-14-11-8-5-2/h8,11,14,17,20,23,28-30,34,37,40,52H,4-7,9-10,12-13,15-16,18-19,21-22,24-27,31-33,35-36,38-39,41-51H2,1-3H3/b11-8-,17-14-,23-20-,29-28-,34-30-,40-37-. The van der Waals surface area contributed by atoms with Crippen molar-refractivity contribution in [3.05, 3.63) is 72.9 Å². The number of allylic oxidation sites excluding steroid dienone is 12. The topological polar surface area (TPSA) is 78.9 Å². The summed E-state index contributed by atoms with van der Waals surface area (Å²) in [6.45, 7) is 6.42. The summed E-state index contributed by atoms with van der Waals surface area (Å²) in [6, 6.07) is 0. The van der Waals surface area contributed by atoms with Gasteiger partial charge in [0.25, 0.3) is 0 Å². The molecule has 1 atom stereocenters. The molecular formula is C55H94O6. The van der Waals surface area contributed by atoms with Crippen molar-refractivity contribution in [3.63, 3.8) is 0 Å². The Bertz CT molecular complexity index is 1160. The number of ether oxygens (including phenoxy) is 3. The maximum atomic E-state index is 12.7. The fourth-order valence-electron chi connectivity index (χ4n) is 7.00. The summed E-state index contributed by atoms with van der Waals surface area (Å²) in [5, 5.41) is 0. The average molecular weight is 851 g/mol. The van der Waals surface area contributed by atoms with Crippen LogP contribution in [-0.4, -0.2) is 37.2 Å². The van der Waals surface area contributed by atoms with E-state index >= 15 is 0 Å². The first-order chi connectivity index (χ1) is 30.0. The summed E-state index contributed by atoms with van der Waals surface area (Å²) in [5.74, 6) is -0.987. The molecule has 0 fully saturated rings. The van der Waals surface area contributed by atoms with Crippen LogP contribution in [0.1, 0.15) is 239 Å². The Morgan fingerprint density at radius 1 is 0.344 bits per heavy atom. The maximum absolute atomic E-state index is 12.7. The minimum absolute atomic E-state index is 0.105. The summed E-state index contributed by atoms with van der Waals surface area (Å²) >= 11 is 0. The van der Waals surface area contributed by atoms with Crippen molar-refractivity contribution in [3.8, 4) is 0 Å². The summed E-state index contributed by atoms with van der Waals surface area (Å²) in [7, 11) is 0. The van der Waals surface area contributed by atoms with E-state index in [2.05, 4.69) is 39.0 Å². The lowest BCUT2D eigenvalue weighted by atomic mass is 10.0. The SMILES string of the molecule is CC\C=C/C=C\C=C/C=C\C=C/CCCC(=O)OC(COC(=O)CCCCCCC/C=C\CCCCCCCCCCC)COC(=O)CCCCCCCCCCCCCC. The quantitative estimate of drug-likeness (QED) is 0.0200. The van der Waals surface area contributed by atoms with E-state index in [0.717, 1.165) is 57.8 Å². The van der Waals surface area contributed by atoms with Gasteiger partial charge in [0.2, 0.25) is 0 Å². The van der Waals surface area contributed by atoms with Crippen LogP contribution in [0.25, 0.3) is 0 Å². The van der Waals surface area contributed by atoms with E-state index in [9.17, 15) is 14.4 Å². The zero-order chi connectivity index (χ0) is 44.4. The Kier molecular flexibility index (Phi) is 46.9. The molecule has 0 aromatic carbocycles. The Hall–Kier alpha value is -3.15. The smallest absolute Gasteiger partial charge is 0.306 e. The monoisotopic (exact) mass is 851 g/mol. The normalized spacial score (nSPS) is 12.6. The molecule has 1 unspecified atom stereocenters. The van der Waals surface area contributed by atoms with Gasteiger partial charge >= 0.3 is 17.9 Å². The van der Waals surface area contributed by atoms with Crippen LogP contribution in [0.2, 0.25) is 0 Å². The summed E-state index contributed by atoms with van der Waals surface area (Å²) in [4.78, 5) is 37.9. The molecular weight excluding hydrogens is 757 g/mol. The first-order valence-corrected chi connectivity index (χ1v) is 25.5. The van der Waals surface area contributed by atoms with Crippen LogP contribution < -0.4 is 0 Å². The fraction of sp³-hybridized carbons (Fsp3) is 0.727. The highest BCUT2D eigenvalue weighted by molar-refractivity contribution is 5.71. The minimum Gasteiger partial charge on any atom is -0.462 e. The molecule has 0 N–H and O–H groups in total. The van der Waals surface area contributed by atoms with Gasteiger partial charge in [-0.3, -0.25) is 14.4 Å². The second kappa shape index (κ2) is 49.5. The average Bonchev–Trinajstić information content (AvgIpc) is 3.26. The molecule has 0 heterocycles. The third kappa shape index (κ3) is 47.7. The van der Waals surface area contributed by atoms with E-state index in [1.807, 2.05) is 54.7 Å². The van der Waals surface area contributed by atoms with Gasteiger partial charge in [-0.05, 0) is 57.8 Å². The van der Waals surface area contributed by atoms with Crippen molar-refractivity contribution in [2.75, 3.05) is 13.2 Å². The molecule has 0 amide bonds. The Morgan fingerprint density at radius 3 is 1.08 bits per heavy atom. The number of esters is 3. The van der Waals surface area contributed by atoms with E-state index in [1.54, 1.807) is 0 Å². The van der Waals surface area contributed by atoms with Crippen molar-refractivity contribution in [2.45, 2.75) is 245 Å². The van der Waals surface area contributed by atoms with Crippen LogP contribution in [0.3, 0.4) is 0 Å². The highest BCUT2D eigenvalue weighted by Crippen LogP contribution is 2.15. The van der Waals surface area contributed by atoms with Gasteiger partial charge in [0.05, 0.1) is 0 Å². The molecule has 0 bridgehead atoms. The maximum Gasteiger partial charge on any atom is 0.306 e. The second-order valence-electron chi connectivity index (χ2n) is 16.8. The van der Waals surface area contributed by atoms with Crippen molar-refractivity contribution in [1.82, 2.24) is 0 Å². The minimum atomic E-state index is -0.812. The van der Waals surface area contributed by atoms with Gasteiger partial charge in [-0.25, -0.2) is 0 Å². The van der Waals surface area contributed by atoms with Crippen molar-refractivity contribution in [2.24, 2.45) is 0 Å². The molecule has 0 spiro atoms. The Labute approximate surface area is 376 Å². The molecule has 0 aromatic rings. The third-order valence-corrected chi connectivity index (χ3v) is 10.8. The highest BCUT2D eigenvalue weighted by atomic mass is 16.6. The van der Waals surface area contributed by atoms with Crippen LogP contribution in [0, 0.1) is 0 Å². The molecule has 0 aliphatic rings. The number of carbonyl (C=O) groups is 3. The highest BCUT2D eigenvalue weighted by Gasteiger charge is 2.19. The predicted molar refractivity (Wildman–Crippen MR) is 261 cm³/mol. The van der Waals surface area contributed by atoms with Crippen molar-refractivity contribution >= 4 is 17.9 Å². The van der Waals surface area contributed by atoms with E-state index < -0.39 is 6.10 Å². The van der Waals surface area contributed by atoms with Crippen LogP contribution >= 0.6 is 0 Å². The van der Waals surface area contributed by atoms with Gasteiger partial charge in [-0.1, -0.05) is 235 Å². The number of hydrogen-bond donors (Lipinski definition) is 0. The lowest BCUT2D eigenvalue weighted by molar-refractivity contribution is -0.167. The summed E-state index contributed by atoms with van der Waals surface area (Å²) < 4.78 is 16.7. The molecule has 6 heteroatoms. The van der Waals surface area contributed by atoms with Gasteiger partial charge in [0.15, 0.2) is 6.10 Å². The van der Waals surface area contributed by atoms with E-state index in [0.29, 0.717) is 19.3 Å². The Morgan fingerprint density at radius 2 is 0.672 bits per heavy atom. The van der Waals surface area contributed by atoms with Gasteiger partial charge in [0.1, 0.15) is 13.2 Å². The predicted octanol–water partition coefficient (Wildman–Crippen LogP) is 16.6. The lowest BCUT2D eigenvalue weighted by Crippen LogP contribution is -2.30. The third-order valence-electron chi connectivity index (χ3n) is 10.8. The van der Waals surface area contributed by atoms with E-state index in [4.69, 9.17) is 14.2 Å². The van der Waals surface area contributed by atoms with Crippen molar-refractivity contribution < 1.29 is 28.6 Å². The van der Waals surface area contributed by atoms with Crippen LogP contribution in [0.15, 0.2) is 72.9 Å². The first kappa shape index (κ1) is 57.9. The first-order valence-electron chi connectivity index (χ1n) is 25.5. The molecule has 6 nitrogen and oxygen atoms in total. The lowest BCUT2D eigenvalue weighted by Gasteiger charge is -2.18. The van der Waals surface area contributed by atoms with Gasteiger partial charge in [0, 0.05) is 19.3 Å². The van der Waals surface area contributed by atoms with E-state index in [1.165, 1.54) is 135 Å². The second-order valence-corrected chi connectivity index (χ2v) is 16.8. The summed E-state index contributed by atoms with van der Waals surface area (Å²) in [6.07, 6.45) is 61.8. The molecule has 61 heavy (non-hydrogen) atoms. The molecule has 0 saturated heterocycles. The van der Waals surface area contributed by atoms with Crippen LogP contribution in [0.4, 0.5) is 0 Å². The number of carbonyl (C=O) groups excluding carboxylic acids is 3. The fourth-order valence-corrected chi connectivity index (χ4v) is 7.00. The Balaban J connectivity index is 4.44. The molecule has 0 aromatic heterocycles. The number of unbranched alkanes of at least 4 members (excludes halogenated alkanes) is 26. The molecule has 0 rings (SSSR count). The zero-order valence-electron chi connectivity index (χ0n) is 39.9. The number of hydrogen-bond acceptors (Lipinski definition) is 6. The van der Waals surface area contributed by atoms with Crippen molar-refractivity contribution in [1.29, 1.82) is 0 Å². The van der Waals surface area contributed by atoms with Gasteiger partial charge < -0.3 is 14.2 Å². The molecule has 0 aliphatic carbocycles. The van der Waals surface area contributed by atoms with E-state index in [-0.39, 0.29) is 37.5 Å².